The zero-order valence-corrected chi connectivity index (χ0v) is 14.6. The number of amides is 1. The maximum Gasteiger partial charge on any atom is 0.275 e. The summed E-state index contributed by atoms with van der Waals surface area (Å²) in [7, 11) is 3.15. The van der Waals surface area contributed by atoms with Gasteiger partial charge in [-0.15, -0.1) is 11.3 Å². The molecule has 0 radical (unpaired) electrons. The molecule has 0 bridgehead atoms. The average Bonchev–Trinajstić information content (AvgIpc) is 3.12. The zero-order chi connectivity index (χ0) is 16.9. The summed E-state index contributed by atoms with van der Waals surface area (Å²) in [4.78, 5) is 17.0. The fourth-order valence-electron chi connectivity index (χ4n) is 2.72. The third-order valence-electron chi connectivity index (χ3n) is 4.05. The van der Waals surface area contributed by atoms with Crippen LogP contribution >= 0.6 is 11.3 Å². The summed E-state index contributed by atoms with van der Waals surface area (Å²) in [6.07, 6.45) is 2.14. The van der Waals surface area contributed by atoms with Crippen LogP contribution in [0.2, 0.25) is 0 Å². The summed E-state index contributed by atoms with van der Waals surface area (Å²) in [5.41, 5.74) is 1.07. The number of carbonyl (C=O) groups is 1. The number of hydrogen-bond acceptors (Lipinski definition) is 6. The van der Waals surface area contributed by atoms with E-state index in [-0.39, 0.29) is 5.91 Å². The Morgan fingerprint density at radius 1 is 1.21 bits per heavy atom. The van der Waals surface area contributed by atoms with Gasteiger partial charge in [0.15, 0.2) is 0 Å². The Labute approximate surface area is 145 Å². The zero-order valence-electron chi connectivity index (χ0n) is 13.8. The number of aromatic nitrogens is 1. The summed E-state index contributed by atoms with van der Waals surface area (Å²) < 4.78 is 10.4. The fourth-order valence-corrected chi connectivity index (χ4v) is 3.69. The number of methoxy groups -OCH3 is 2. The van der Waals surface area contributed by atoms with E-state index in [1.54, 1.807) is 43.8 Å². The first-order chi connectivity index (χ1) is 11.7. The van der Waals surface area contributed by atoms with E-state index in [0.717, 1.165) is 30.9 Å². The van der Waals surface area contributed by atoms with Gasteiger partial charge in [-0.1, -0.05) is 0 Å². The summed E-state index contributed by atoms with van der Waals surface area (Å²) >= 11 is 1.56. The Morgan fingerprint density at radius 2 is 1.88 bits per heavy atom. The second-order valence-corrected chi connectivity index (χ2v) is 6.54. The van der Waals surface area contributed by atoms with Crippen LogP contribution in [0.25, 0.3) is 0 Å². The van der Waals surface area contributed by atoms with Crippen molar-refractivity contribution in [3.63, 3.8) is 0 Å². The molecule has 6 nitrogen and oxygen atoms in total. The highest BCUT2D eigenvalue weighted by Gasteiger charge is 2.20. The third kappa shape index (κ3) is 3.85. The number of nitrogens with zero attached hydrogens (tertiary/aromatic N) is 1. The van der Waals surface area contributed by atoms with Crippen LogP contribution in [0.1, 0.15) is 34.3 Å². The Kier molecular flexibility index (Phi) is 5.32. The van der Waals surface area contributed by atoms with Gasteiger partial charge in [0.05, 0.1) is 19.2 Å². The molecule has 24 heavy (non-hydrogen) atoms. The molecule has 128 valence electrons. The number of anilines is 1. The Hall–Kier alpha value is -2.12. The molecule has 7 heteroatoms. The normalized spacial score (nSPS) is 15.1. The van der Waals surface area contributed by atoms with Gasteiger partial charge in [-0.05, 0) is 25.9 Å². The lowest BCUT2D eigenvalue weighted by atomic mass is 9.99. The van der Waals surface area contributed by atoms with E-state index in [1.165, 1.54) is 0 Å². The third-order valence-corrected chi connectivity index (χ3v) is 5.06. The highest BCUT2D eigenvalue weighted by Crippen LogP contribution is 2.29. The number of rotatable bonds is 5. The van der Waals surface area contributed by atoms with Crippen molar-refractivity contribution in [2.75, 3.05) is 32.6 Å². The lowest BCUT2D eigenvalue weighted by molar-refractivity contribution is 0.102. The maximum atomic E-state index is 12.4. The molecule has 1 saturated heterocycles. The summed E-state index contributed by atoms with van der Waals surface area (Å²) in [6.45, 7) is 2.02. The molecule has 0 unspecified atom stereocenters. The standard InChI is InChI=1S/C17H21N3O3S/c1-22-13-7-12(8-14(9-13)23-2)19-16(21)15-10-24-17(20-15)11-3-5-18-6-4-11/h7-11,18H,3-6H2,1-2H3,(H,19,21). The molecule has 1 aliphatic heterocycles. The number of piperidine rings is 1. The quantitative estimate of drug-likeness (QED) is 0.870. The van der Waals surface area contributed by atoms with Gasteiger partial charge in [-0.3, -0.25) is 4.79 Å². The Balaban J connectivity index is 1.72. The van der Waals surface area contributed by atoms with Gasteiger partial charge < -0.3 is 20.1 Å². The highest BCUT2D eigenvalue weighted by atomic mass is 32.1. The molecule has 1 aromatic heterocycles. The Bertz CT molecular complexity index is 689. The molecule has 3 rings (SSSR count). The summed E-state index contributed by atoms with van der Waals surface area (Å²) in [6, 6.07) is 5.26. The van der Waals surface area contributed by atoms with Crippen molar-refractivity contribution in [3.05, 3.63) is 34.3 Å². The molecule has 1 aliphatic rings. The number of ether oxygens (including phenoxy) is 2. The second kappa shape index (κ2) is 7.63. The van der Waals surface area contributed by atoms with Crippen LogP contribution in [0.5, 0.6) is 11.5 Å². The van der Waals surface area contributed by atoms with Crippen molar-refractivity contribution in [3.8, 4) is 11.5 Å². The molecule has 1 aromatic carbocycles. The molecule has 2 N–H and O–H groups in total. The molecule has 0 saturated carbocycles. The van der Waals surface area contributed by atoms with Gasteiger partial charge in [0.1, 0.15) is 17.2 Å². The van der Waals surface area contributed by atoms with Crippen LogP contribution < -0.4 is 20.1 Å². The maximum absolute atomic E-state index is 12.4. The topological polar surface area (TPSA) is 72.5 Å². The minimum atomic E-state index is -0.221. The van der Waals surface area contributed by atoms with Crippen LogP contribution in [-0.2, 0) is 0 Å². The van der Waals surface area contributed by atoms with E-state index in [0.29, 0.717) is 28.8 Å². The van der Waals surface area contributed by atoms with E-state index in [1.807, 2.05) is 5.38 Å². The number of thiazole rings is 1. The fraction of sp³-hybridized carbons (Fsp3) is 0.412. The van der Waals surface area contributed by atoms with E-state index in [2.05, 4.69) is 15.6 Å². The van der Waals surface area contributed by atoms with E-state index in [9.17, 15) is 4.79 Å². The first-order valence-electron chi connectivity index (χ1n) is 7.90. The minimum Gasteiger partial charge on any atom is -0.497 e. The van der Waals surface area contributed by atoms with Crippen molar-refractivity contribution in [1.82, 2.24) is 10.3 Å². The van der Waals surface area contributed by atoms with E-state index >= 15 is 0 Å². The predicted octanol–water partition coefficient (Wildman–Crippen LogP) is 2.88. The largest absolute Gasteiger partial charge is 0.497 e. The molecule has 0 atom stereocenters. The van der Waals surface area contributed by atoms with E-state index < -0.39 is 0 Å². The van der Waals surface area contributed by atoms with Gasteiger partial charge in [-0.2, -0.15) is 0 Å². The van der Waals surface area contributed by atoms with Crippen LogP contribution in [0.15, 0.2) is 23.6 Å². The van der Waals surface area contributed by atoms with Gasteiger partial charge in [0.2, 0.25) is 0 Å². The van der Waals surface area contributed by atoms with Gasteiger partial charge in [0, 0.05) is 35.2 Å². The molecule has 1 fully saturated rings. The number of hydrogen-bond donors (Lipinski definition) is 2. The smallest absolute Gasteiger partial charge is 0.275 e. The first-order valence-corrected chi connectivity index (χ1v) is 8.78. The van der Waals surface area contributed by atoms with Gasteiger partial charge in [0.25, 0.3) is 5.91 Å². The van der Waals surface area contributed by atoms with Crippen LogP contribution in [0.4, 0.5) is 5.69 Å². The van der Waals surface area contributed by atoms with Crippen molar-refractivity contribution in [2.24, 2.45) is 0 Å². The monoisotopic (exact) mass is 347 g/mol. The summed E-state index contributed by atoms with van der Waals surface area (Å²) in [5.74, 6) is 1.48. The first kappa shape index (κ1) is 16.7. The van der Waals surface area contributed by atoms with Crippen molar-refractivity contribution in [1.29, 1.82) is 0 Å². The molecule has 0 spiro atoms. The lowest BCUT2D eigenvalue weighted by Crippen LogP contribution is -2.26. The average molecular weight is 347 g/mol. The lowest BCUT2D eigenvalue weighted by Gasteiger charge is -2.20. The molecule has 2 aromatic rings. The molecular formula is C17H21N3O3S. The SMILES string of the molecule is COc1cc(NC(=O)c2csc(C3CCNCC3)n2)cc(OC)c1. The molecule has 2 heterocycles. The van der Waals surface area contributed by atoms with Crippen molar-refractivity contribution >= 4 is 22.9 Å². The second-order valence-electron chi connectivity index (χ2n) is 5.65. The number of nitrogens with one attached hydrogen (secondary N) is 2. The van der Waals surface area contributed by atoms with E-state index in [4.69, 9.17) is 9.47 Å². The molecular weight excluding hydrogens is 326 g/mol. The Morgan fingerprint density at radius 3 is 2.50 bits per heavy atom. The molecule has 1 amide bonds. The minimum absolute atomic E-state index is 0.221. The summed E-state index contributed by atoms with van der Waals surface area (Å²) in [5, 5.41) is 9.07. The van der Waals surface area contributed by atoms with Gasteiger partial charge >= 0.3 is 0 Å². The number of carbonyl (C=O) groups excluding carboxylic acids is 1. The van der Waals surface area contributed by atoms with Crippen LogP contribution in [0, 0.1) is 0 Å². The molecule has 0 aliphatic carbocycles. The van der Waals surface area contributed by atoms with Crippen LogP contribution in [-0.4, -0.2) is 38.2 Å². The number of benzene rings is 1. The highest BCUT2D eigenvalue weighted by molar-refractivity contribution is 7.09. The van der Waals surface area contributed by atoms with Crippen molar-refractivity contribution < 1.29 is 14.3 Å². The van der Waals surface area contributed by atoms with Crippen molar-refractivity contribution in [2.45, 2.75) is 18.8 Å². The van der Waals surface area contributed by atoms with Gasteiger partial charge in [-0.25, -0.2) is 4.98 Å². The predicted molar refractivity (Wildman–Crippen MR) is 94.5 cm³/mol. The van der Waals surface area contributed by atoms with Crippen LogP contribution in [0.3, 0.4) is 0 Å².